The largest absolute Gasteiger partial charge is 0.340 e. The minimum absolute atomic E-state index is 0.0677. The smallest absolute Gasteiger partial charge is 0.329 e. The van der Waals surface area contributed by atoms with Crippen LogP contribution in [0.2, 0.25) is 0 Å². The molecule has 0 aliphatic carbocycles. The van der Waals surface area contributed by atoms with Gasteiger partial charge in [0, 0.05) is 19.6 Å². The molecule has 0 heterocycles. The molecule has 20 heavy (non-hydrogen) atoms. The summed E-state index contributed by atoms with van der Waals surface area (Å²) >= 11 is 0. The number of rotatable bonds is 8. The van der Waals surface area contributed by atoms with Crippen molar-refractivity contribution in [3.8, 4) is 0 Å². The average molecular weight is 305 g/mol. The van der Waals surface area contributed by atoms with E-state index < -0.39 is 16.2 Å². The van der Waals surface area contributed by atoms with Crippen LogP contribution in [0, 0.1) is 5.92 Å². The number of allylic oxidation sites excluding steroid dienone is 1. The van der Waals surface area contributed by atoms with Crippen molar-refractivity contribution >= 4 is 16.2 Å². The van der Waals surface area contributed by atoms with E-state index in [2.05, 4.69) is 5.32 Å². The third-order valence-electron chi connectivity index (χ3n) is 3.20. The van der Waals surface area contributed by atoms with Crippen LogP contribution < -0.4 is 10.0 Å². The Morgan fingerprint density at radius 3 is 2.40 bits per heavy atom. The molecule has 0 rings (SSSR count). The van der Waals surface area contributed by atoms with Gasteiger partial charge in [0.05, 0.1) is 0 Å². The van der Waals surface area contributed by atoms with E-state index in [0.29, 0.717) is 6.54 Å². The van der Waals surface area contributed by atoms with Crippen LogP contribution in [0.4, 0.5) is 4.79 Å². The van der Waals surface area contributed by atoms with Crippen molar-refractivity contribution in [2.45, 2.75) is 46.6 Å². The van der Waals surface area contributed by atoms with Crippen molar-refractivity contribution in [1.82, 2.24) is 14.3 Å². The predicted molar refractivity (Wildman–Crippen MR) is 81.6 cm³/mol. The quantitative estimate of drug-likeness (QED) is 0.672. The predicted octanol–water partition coefficient (Wildman–Crippen LogP) is 1.86. The second-order valence-corrected chi connectivity index (χ2v) is 6.40. The van der Waals surface area contributed by atoms with Crippen LogP contribution in [0.1, 0.15) is 40.5 Å². The number of unbranched alkanes of at least 4 members (excludes halogenated alkanes) is 1. The lowest BCUT2D eigenvalue weighted by atomic mass is 10.0. The summed E-state index contributed by atoms with van der Waals surface area (Å²) in [4.78, 5) is 11.3. The van der Waals surface area contributed by atoms with Crippen molar-refractivity contribution in [3.05, 3.63) is 12.2 Å². The second-order valence-electron chi connectivity index (χ2n) is 4.78. The van der Waals surface area contributed by atoms with Gasteiger partial charge in [-0.1, -0.05) is 32.4 Å². The molecule has 6 nitrogen and oxygen atoms in total. The Bertz CT molecular complexity index is 421. The summed E-state index contributed by atoms with van der Waals surface area (Å²) in [6.07, 6.45) is 5.50. The maximum absolute atomic E-state index is 12.3. The SMILES string of the molecule is C/C=C\C(C)[C@H](C)N(CCCC)S(=O)(=O)NC(=O)NC. The summed E-state index contributed by atoms with van der Waals surface area (Å²) in [7, 11) is -2.45. The van der Waals surface area contributed by atoms with Crippen LogP contribution in [0.25, 0.3) is 0 Å². The molecule has 2 amide bonds. The fraction of sp³-hybridized carbons (Fsp3) is 0.769. The van der Waals surface area contributed by atoms with Gasteiger partial charge < -0.3 is 5.32 Å². The van der Waals surface area contributed by atoms with Crippen molar-refractivity contribution < 1.29 is 13.2 Å². The van der Waals surface area contributed by atoms with Gasteiger partial charge >= 0.3 is 16.2 Å². The number of carbonyl (C=O) groups excluding carboxylic acids is 1. The van der Waals surface area contributed by atoms with Gasteiger partial charge in [0.1, 0.15) is 0 Å². The molecular weight excluding hydrogens is 278 g/mol. The first-order valence-corrected chi connectivity index (χ1v) is 8.38. The van der Waals surface area contributed by atoms with Crippen LogP contribution in [-0.4, -0.2) is 38.4 Å². The number of amides is 2. The summed E-state index contributed by atoms with van der Waals surface area (Å²) in [5, 5.41) is 2.26. The van der Waals surface area contributed by atoms with Gasteiger partial charge in [-0.25, -0.2) is 9.52 Å². The maximum atomic E-state index is 12.3. The van der Waals surface area contributed by atoms with E-state index in [-0.39, 0.29) is 12.0 Å². The van der Waals surface area contributed by atoms with Crippen molar-refractivity contribution in [3.63, 3.8) is 0 Å². The van der Waals surface area contributed by atoms with Crippen LogP contribution in [0.5, 0.6) is 0 Å². The molecule has 0 aromatic carbocycles. The average Bonchev–Trinajstić information content (AvgIpc) is 2.38. The molecule has 0 aliphatic heterocycles. The van der Waals surface area contributed by atoms with E-state index in [1.807, 2.05) is 44.6 Å². The molecule has 0 saturated heterocycles. The fourth-order valence-electron chi connectivity index (χ4n) is 1.81. The highest BCUT2D eigenvalue weighted by molar-refractivity contribution is 7.87. The zero-order valence-electron chi connectivity index (χ0n) is 13.0. The van der Waals surface area contributed by atoms with E-state index in [1.165, 1.54) is 11.4 Å². The van der Waals surface area contributed by atoms with Gasteiger partial charge in [-0.05, 0) is 26.2 Å². The van der Waals surface area contributed by atoms with E-state index >= 15 is 0 Å². The van der Waals surface area contributed by atoms with E-state index in [0.717, 1.165) is 12.8 Å². The topological polar surface area (TPSA) is 78.5 Å². The van der Waals surface area contributed by atoms with Gasteiger partial charge in [0.15, 0.2) is 0 Å². The van der Waals surface area contributed by atoms with Crippen LogP contribution >= 0.6 is 0 Å². The Balaban J connectivity index is 5.17. The van der Waals surface area contributed by atoms with Crippen LogP contribution in [0.15, 0.2) is 12.2 Å². The summed E-state index contributed by atoms with van der Waals surface area (Å²) in [5.41, 5.74) is 0. The van der Waals surface area contributed by atoms with Crippen molar-refractivity contribution in [2.24, 2.45) is 5.92 Å². The molecule has 0 bridgehead atoms. The Labute approximate surface area is 122 Å². The zero-order chi connectivity index (χ0) is 15.8. The third kappa shape index (κ3) is 5.92. The van der Waals surface area contributed by atoms with Gasteiger partial charge in [0.25, 0.3) is 0 Å². The number of hydrogen-bond acceptors (Lipinski definition) is 3. The van der Waals surface area contributed by atoms with Crippen LogP contribution in [-0.2, 0) is 10.2 Å². The highest BCUT2D eigenvalue weighted by Crippen LogP contribution is 2.16. The van der Waals surface area contributed by atoms with Crippen molar-refractivity contribution in [2.75, 3.05) is 13.6 Å². The number of nitrogens with one attached hydrogen (secondary N) is 2. The molecule has 2 N–H and O–H groups in total. The van der Waals surface area contributed by atoms with E-state index in [9.17, 15) is 13.2 Å². The first-order valence-electron chi connectivity index (χ1n) is 6.94. The molecule has 1 unspecified atom stereocenters. The van der Waals surface area contributed by atoms with Gasteiger partial charge in [0.2, 0.25) is 0 Å². The lowest BCUT2D eigenvalue weighted by molar-refractivity contribution is 0.244. The molecule has 0 saturated carbocycles. The number of nitrogens with zero attached hydrogens (tertiary/aromatic N) is 1. The number of urea groups is 1. The molecule has 0 radical (unpaired) electrons. The first kappa shape index (κ1) is 18.9. The Kier molecular flexibility index (Phi) is 8.48. The molecule has 0 aromatic rings. The van der Waals surface area contributed by atoms with Crippen molar-refractivity contribution in [1.29, 1.82) is 0 Å². The monoisotopic (exact) mass is 305 g/mol. The zero-order valence-corrected chi connectivity index (χ0v) is 13.8. The molecule has 118 valence electrons. The van der Waals surface area contributed by atoms with E-state index in [1.54, 1.807) is 0 Å². The van der Waals surface area contributed by atoms with Gasteiger partial charge in [-0.3, -0.25) is 0 Å². The Morgan fingerprint density at radius 2 is 1.95 bits per heavy atom. The molecule has 0 fully saturated rings. The summed E-state index contributed by atoms with van der Waals surface area (Å²) in [6, 6.07) is -0.947. The number of carbonyl (C=O) groups is 1. The van der Waals surface area contributed by atoms with Crippen LogP contribution in [0.3, 0.4) is 0 Å². The Hall–Kier alpha value is -1.08. The lowest BCUT2D eigenvalue weighted by Crippen LogP contribution is -2.51. The Morgan fingerprint density at radius 1 is 1.35 bits per heavy atom. The normalized spacial score (nSPS) is 15.3. The molecule has 2 atom stereocenters. The third-order valence-corrected chi connectivity index (χ3v) is 4.78. The molecule has 7 heteroatoms. The maximum Gasteiger partial charge on any atom is 0.329 e. The summed E-state index contributed by atoms with van der Waals surface area (Å²) in [5.74, 6) is 0.0677. The standard InChI is InChI=1S/C13H27N3O3S/c1-6-8-10-16(12(4)11(3)9-7-2)20(18,19)15-13(17)14-5/h7,9,11-12H,6,8,10H2,1-5H3,(H2,14,15,17)/b9-7-/t11?,12-/m0/s1. The minimum atomic E-state index is -3.83. The highest BCUT2D eigenvalue weighted by Gasteiger charge is 2.30. The summed E-state index contributed by atoms with van der Waals surface area (Å²) < 4.78 is 27.9. The molecular formula is C13H27N3O3S. The second kappa shape index (κ2) is 8.97. The first-order chi connectivity index (χ1) is 9.30. The number of hydrogen-bond donors (Lipinski definition) is 2. The van der Waals surface area contributed by atoms with Gasteiger partial charge in [-0.15, -0.1) is 0 Å². The minimum Gasteiger partial charge on any atom is -0.340 e. The van der Waals surface area contributed by atoms with E-state index in [4.69, 9.17) is 0 Å². The van der Waals surface area contributed by atoms with Gasteiger partial charge in [-0.2, -0.15) is 12.7 Å². The molecule has 0 aromatic heterocycles. The lowest BCUT2D eigenvalue weighted by Gasteiger charge is -2.31. The summed E-state index contributed by atoms with van der Waals surface area (Å²) in [6.45, 7) is 8.10. The fourth-order valence-corrected chi connectivity index (χ4v) is 3.26. The molecule has 0 spiro atoms. The molecule has 0 aliphatic rings. The highest BCUT2D eigenvalue weighted by atomic mass is 32.2.